The van der Waals surface area contributed by atoms with E-state index in [0.29, 0.717) is 50.9 Å². The SMILES string of the molecule is CSCCC(NC(=O)C1CCCN1C(=O)C(CS)NC(=O)C(N)CCCCN)C(=O)O. The first kappa shape index (κ1) is 27.5. The summed E-state index contributed by atoms with van der Waals surface area (Å²) in [7, 11) is 0. The van der Waals surface area contributed by atoms with Crippen molar-refractivity contribution in [2.45, 2.75) is 62.7 Å². The molecule has 1 saturated heterocycles. The molecule has 0 spiro atoms. The molecule has 0 aromatic heterocycles. The highest BCUT2D eigenvalue weighted by molar-refractivity contribution is 7.98. The van der Waals surface area contributed by atoms with Gasteiger partial charge in [-0.2, -0.15) is 24.4 Å². The van der Waals surface area contributed by atoms with E-state index in [-0.39, 0.29) is 5.75 Å². The molecular weight excluding hydrogens is 442 g/mol. The number of hydrogen-bond acceptors (Lipinski definition) is 8. The van der Waals surface area contributed by atoms with Crippen LogP contribution in [0.25, 0.3) is 0 Å². The maximum atomic E-state index is 13.0. The van der Waals surface area contributed by atoms with Crippen LogP contribution in [0.15, 0.2) is 0 Å². The predicted molar refractivity (Wildman–Crippen MR) is 124 cm³/mol. The van der Waals surface area contributed by atoms with Crippen molar-refractivity contribution in [2.24, 2.45) is 11.5 Å². The molecule has 1 heterocycles. The Balaban J connectivity index is 2.74. The molecule has 0 aliphatic carbocycles. The molecule has 10 nitrogen and oxygen atoms in total. The fraction of sp³-hybridized carbons (Fsp3) is 0.789. The number of thiol groups is 1. The predicted octanol–water partition coefficient (Wildman–Crippen LogP) is -0.829. The summed E-state index contributed by atoms with van der Waals surface area (Å²) in [6.07, 6.45) is 5.11. The second-order valence-corrected chi connectivity index (χ2v) is 8.86. The summed E-state index contributed by atoms with van der Waals surface area (Å²) in [5.74, 6) is -1.84. The van der Waals surface area contributed by atoms with Crippen LogP contribution in [0.4, 0.5) is 0 Å². The average molecular weight is 478 g/mol. The molecule has 4 atom stereocenters. The van der Waals surface area contributed by atoms with E-state index < -0.39 is 47.9 Å². The quantitative estimate of drug-likeness (QED) is 0.139. The Labute approximate surface area is 193 Å². The van der Waals surface area contributed by atoms with E-state index in [4.69, 9.17) is 11.5 Å². The minimum Gasteiger partial charge on any atom is -0.480 e. The molecular formula is C19H35N5O5S2. The summed E-state index contributed by atoms with van der Waals surface area (Å²) in [6.45, 7) is 0.868. The fourth-order valence-corrected chi connectivity index (χ4v) is 4.09. The Kier molecular flexibility index (Phi) is 12.9. The maximum Gasteiger partial charge on any atom is 0.326 e. The lowest BCUT2D eigenvalue weighted by Gasteiger charge is -2.29. The summed E-state index contributed by atoms with van der Waals surface area (Å²) in [6, 6.07) is -3.46. The highest BCUT2D eigenvalue weighted by Gasteiger charge is 2.38. The third-order valence-corrected chi connectivity index (χ3v) is 6.18. The molecule has 1 rings (SSSR count). The van der Waals surface area contributed by atoms with Crippen molar-refractivity contribution in [1.82, 2.24) is 15.5 Å². The molecule has 0 saturated carbocycles. The van der Waals surface area contributed by atoms with Crippen LogP contribution in [0, 0.1) is 0 Å². The first-order chi connectivity index (χ1) is 14.8. The number of rotatable bonds is 14. The first-order valence-corrected chi connectivity index (χ1v) is 12.5. The van der Waals surface area contributed by atoms with Crippen LogP contribution in [-0.4, -0.2) is 88.7 Å². The number of carbonyl (C=O) groups excluding carboxylic acids is 3. The van der Waals surface area contributed by atoms with Gasteiger partial charge in [0.05, 0.1) is 6.04 Å². The monoisotopic (exact) mass is 477 g/mol. The van der Waals surface area contributed by atoms with E-state index in [2.05, 4.69) is 23.3 Å². The highest BCUT2D eigenvalue weighted by atomic mass is 32.2. The van der Waals surface area contributed by atoms with Crippen LogP contribution in [0.5, 0.6) is 0 Å². The molecule has 0 radical (unpaired) electrons. The van der Waals surface area contributed by atoms with Crippen molar-refractivity contribution in [1.29, 1.82) is 0 Å². The Morgan fingerprint density at radius 2 is 1.90 bits per heavy atom. The van der Waals surface area contributed by atoms with Gasteiger partial charge in [-0.25, -0.2) is 4.79 Å². The molecule has 0 bridgehead atoms. The van der Waals surface area contributed by atoms with E-state index in [9.17, 15) is 24.3 Å². The molecule has 178 valence electrons. The number of unbranched alkanes of at least 4 members (excludes halogenated alkanes) is 1. The molecule has 7 N–H and O–H groups in total. The van der Waals surface area contributed by atoms with E-state index >= 15 is 0 Å². The third kappa shape index (κ3) is 8.87. The topological polar surface area (TPSA) is 168 Å². The second-order valence-electron chi connectivity index (χ2n) is 7.51. The lowest BCUT2D eigenvalue weighted by atomic mass is 10.1. The number of nitrogens with one attached hydrogen (secondary N) is 2. The van der Waals surface area contributed by atoms with Gasteiger partial charge >= 0.3 is 5.97 Å². The van der Waals surface area contributed by atoms with Gasteiger partial charge in [0.1, 0.15) is 18.1 Å². The van der Waals surface area contributed by atoms with Crippen molar-refractivity contribution in [3.05, 3.63) is 0 Å². The van der Waals surface area contributed by atoms with Crippen molar-refractivity contribution in [2.75, 3.05) is 30.9 Å². The number of nitrogens with two attached hydrogens (primary N) is 2. The van der Waals surface area contributed by atoms with Crippen LogP contribution in [-0.2, 0) is 19.2 Å². The van der Waals surface area contributed by atoms with Crippen LogP contribution in [0.3, 0.4) is 0 Å². The van der Waals surface area contributed by atoms with Crippen molar-refractivity contribution >= 4 is 48.1 Å². The van der Waals surface area contributed by atoms with Crippen LogP contribution < -0.4 is 22.1 Å². The Hall–Kier alpha value is -1.50. The Bertz CT molecular complexity index is 624. The van der Waals surface area contributed by atoms with Gasteiger partial charge in [-0.1, -0.05) is 6.42 Å². The molecule has 1 aliphatic heterocycles. The van der Waals surface area contributed by atoms with Gasteiger partial charge < -0.3 is 32.1 Å². The first-order valence-electron chi connectivity index (χ1n) is 10.5. The number of carboxylic acid groups (broad SMARTS) is 1. The van der Waals surface area contributed by atoms with E-state index in [1.165, 1.54) is 16.7 Å². The number of amides is 3. The minimum absolute atomic E-state index is 0.0520. The van der Waals surface area contributed by atoms with E-state index in [1.807, 2.05) is 6.26 Å². The lowest BCUT2D eigenvalue weighted by molar-refractivity contribution is -0.144. The zero-order valence-electron chi connectivity index (χ0n) is 17.9. The molecule has 31 heavy (non-hydrogen) atoms. The van der Waals surface area contributed by atoms with Crippen molar-refractivity contribution in [3.63, 3.8) is 0 Å². The second kappa shape index (κ2) is 14.5. The minimum atomic E-state index is -1.11. The molecule has 0 aromatic rings. The van der Waals surface area contributed by atoms with Gasteiger partial charge in [-0.05, 0) is 50.7 Å². The smallest absolute Gasteiger partial charge is 0.326 e. The largest absolute Gasteiger partial charge is 0.480 e. The molecule has 4 unspecified atom stereocenters. The highest BCUT2D eigenvalue weighted by Crippen LogP contribution is 2.19. The van der Waals surface area contributed by atoms with Gasteiger partial charge in [0, 0.05) is 12.3 Å². The average Bonchev–Trinajstić information content (AvgIpc) is 3.24. The number of carboxylic acids is 1. The summed E-state index contributed by atoms with van der Waals surface area (Å²) in [5.41, 5.74) is 11.3. The molecule has 12 heteroatoms. The number of thioether (sulfide) groups is 1. The number of likely N-dealkylation sites (tertiary alicyclic amines) is 1. The Morgan fingerprint density at radius 3 is 2.48 bits per heavy atom. The Morgan fingerprint density at radius 1 is 1.19 bits per heavy atom. The summed E-state index contributed by atoms with van der Waals surface area (Å²) in [5, 5.41) is 14.5. The summed E-state index contributed by atoms with van der Waals surface area (Å²) in [4.78, 5) is 50.9. The zero-order valence-corrected chi connectivity index (χ0v) is 19.6. The fourth-order valence-electron chi connectivity index (χ4n) is 3.37. The van der Waals surface area contributed by atoms with Crippen LogP contribution >= 0.6 is 24.4 Å². The third-order valence-electron chi connectivity index (χ3n) is 5.17. The van der Waals surface area contributed by atoms with Crippen molar-refractivity contribution in [3.8, 4) is 0 Å². The number of nitrogens with zero attached hydrogens (tertiary/aromatic N) is 1. The summed E-state index contributed by atoms with van der Waals surface area (Å²) < 4.78 is 0. The van der Waals surface area contributed by atoms with Gasteiger partial charge in [0.2, 0.25) is 17.7 Å². The molecule has 3 amide bonds. The maximum absolute atomic E-state index is 13.0. The van der Waals surface area contributed by atoms with Gasteiger partial charge in [-0.3, -0.25) is 14.4 Å². The molecule has 1 fully saturated rings. The molecule has 1 aliphatic rings. The van der Waals surface area contributed by atoms with Crippen LogP contribution in [0.1, 0.15) is 38.5 Å². The summed E-state index contributed by atoms with van der Waals surface area (Å²) >= 11 is 5.67. The van der Waals surface area contributed by atoms with Gasteiger partial charge in [-0.15, -0.1) is 0 Å². The number of carbonyl (C=O) groups is 4. The zero-order chi connectivity index (χ0) is 23.4. The van der Waals surface area contributed by atoms with Crippen LogP contribution in [0.2, 0.25) is 0 Å². The lowest BCUT2D eigenvalue weighted by Crippen LogP contribution is -2.57. The standard InChI is InChI=1S/C19H35N5O5S2/c1-31-10-7-13(19(28)29)22-17(26)15-6-4-9-24(15)18(27)14(11-30)23-16(25)12(21)5-2-3-8-20/h12-15,30H,2-11,20-21H2,1H3,(H,22,26)(H,23,25)(H,28,29). The normalized spacial score (nSPS) is 18.8. The van der Waals surface area contributed by atoms with Crippen molar-refractivity contribution < 1.29 is 24.3 Å². The number of aliphatic carboxylic acids is 1. The number of hydrogen-bond donors (Lipinski definition) is 6. The van der Waals surface area contributed by atoms with Gasteiger partial charge in [0.15, 0.2) is 0 Å². The molecule has 0 aromatic carbocycles. The van der Waals surface area contributed by atoms with E-state index in [1.54, 1.807) is 0 Å². The van der Waals surface area contributed by atoms with Gasteiger partial charge in [0.25, 0.3) is 0 Å². The van der Waals surface area contributed by atoms with E-state index in [0.717, 1.165) is 6.42 Å².